The summed E-state index contributed by atoms with van der Waals surface area (Å²) in [6.45, 7) is 0.714. The van der Waals surface area contributed by atoms with Crippen molar-refractivity contribution in [2.75, 3.05) is 46.6 Å². The Morgan fingerprint density at radius 3 is 1.93 bits per heavy atom. The largest absolute Gasteiger partial charge is 0.420 e. The average Bonchev–Trinajstić information content (AvgIpc) is 2.67. The molecule has 0 heterocycles. The van der Waals surface area contributed by atoms with Gasteiger partial charge >= 0.3 is 5.97 Å². The van der Waals surface area contributed by atoms with Crippen molar-refractivity contribution in [3.05, 3.63) is 29.1 Å². The van der Waals surface area contributed by atoms with E-state index in [9.17, 15) is 31.5 Å². The van der Waals surface area contributed by atoms with Gasteiger partial charge in [-0.3, -0.25) is 9.59 Å². The summed E-state index contributed by atoms with van der Waals surface area (Å²) in [7, 11) is 1.63. The lowest BCUT2D eigenvalue weighted by molar-refractivity contribution is -0.136. The second-order valence-electron chi connectivity index (χ2n) is 5.23. The van der Waals surface area contributed by atoms with E-state index < -0.39 is 47.2 Å². The zero-order valence-corrected chi connectivity index (χ0v) is 14.9. The minimum atomic E-state index is -2.35. The van der Waals surface area contributed by atoms with Gasteiger partial charge < -0.3 is 24.8 Å². The minimum Gasteiger partial charge on any atom is -0.420 e. The zero-order chi connectivity index (χ0) is 21.1. The SMILES string of the molecule is CNCC(=O)NCCOCCOCCC(=O)Oc1c(F)c(F)c(F)c(F)c1F. The van der Waals surface area contributed by atoms with E-state index in [0.717, 1.165) is 0 Å². The highest BCUT2D eigenvalue weighted by molar-refractivity contribution is 5.77. The molecule has 0 saturated heterocycles. The van der Waals surface area contributed by atoms with Crippen LogP contribution in [0.2, 0.25) is 0 Å². The lowest BCUT2D eigenvalue weighted by Crippen LogP contribution is -2.34. The van der Waals surface area contributed by atoms with Crippen LogP contribution >= 0.6 is 0 Å². The molecular weight excluding hydrogens is 395 g/mol. The molecule has 0 aromatic heterocycles. The maximum atomic E-state index is 13.4. The Morgan fingerprint density at radius 2 is 1.36 bits per heavy atom. The van der Waals surface area contributed by atoms with Gasteiger partial charge in [0.2, 0.25) is 40.7 Å². The van der Waals surface area contributed by atoms with E-state index in [1.54, 1.807) is 7.05 Å². The van der Waals surface area contributed by atoms with Gasteiger partial charge in [-0.2, -0.15) is 8.78 Å². The summed E-state index contributed by atoms with van der Waals surface area (Å²) in [4.78, 5) is 22.6. The number of amides is 1. The fourth-order valence-electron chi connectivity index (χ4n) is 1.80. The zero-order valence-electron chi connectivity index (χ0n) is 14.9. The summed E-state index contributed by atoms with van der Waals surface area (Å²) in [5, 5.41) is 5.25. The number of carbonyl (C=O) groups is 2. The molecule has 0 fully saturated rings. The molecule has 158 valence electrons. The number of rotatable bonds is 12. The highest BCUT2D eigenvalue weighted by Gasteiger charge is 2.28. The molecule has 1 aromatic carbocycles. The lowest BCUT2D eigenvalue weighted by Gasteiger charge is -2.09. The summed E-state index contributed by atoms with van der Waals surface area (Å²) < 4.78 is 80.0. The molecule has 0 aliphatic rings. The summed E-state index contributed by atoms with van der Waals surface area (Å²) in [6.07, 6.45) is -0.487. The maximum absolute atomic E-state index is 13.4. The molecule has 0 aliphatic carbocycles. The van der Waals surface area contributed by atoms with Gasteiger partial charge in [-0.15, -0.1) is 0 Å². The number of hydrogen-bond donors (Lipinski definition) is 2. The third-order valence-electron chi connectivity index (χ3n) is 3.11. The Morgan fingerprint density at radius 1 is 0.821 bits per heavy atom. The molecule has 0 saturated carbocycles. The number of ether oxygens (including phenoxy) is 3. The first kappa shape index (κ1) is 23.7. The fourth-order valence-corrected chi connectivity index (χ4v) is 1.80. The summed E-state index contributed by atoms with van der Waals surface area (Å²) in [6, 6.07) is 0. The number of hydrogen-bond acceptors (Lipinski definition) is 6. The van der Waals surface area contributed by atoms with Crippen molar-refractivity contribution in [3.8, 4) is 5.75 Å². The van der Waals surface area contributed by atoms with Crippen LogP contribution in [0.4, 0.5) is 22.0 Å². The van der Waals surface area contributed by atoms with Gasteiger partial charge in [-0.05, 0) is 7.05 Å². The van der Waals surface area contributed by atoms with Crippen LogP contribution in [-0.2, 0) is 19.1 Å². The van der Waals surface area contributed by atoms with Crippen LogP contribution in [-0.4, -0.2) is 58.4 Å². The van der Waals surface area contributed by atoms with Gasteiger partial charge in [-0.25, -0.2) is 13.2 Å². The Balaban J connectivity index is 2.23. The first-order chi connectivity index (χ1) is 13.3. The molecule has 0 bridgehead atoms. The summed E-state index contributed by atoms with van der Waals surface area (Å²) in [5.74, 6) is -14.3. The van der Waals surface area contributed by atoms with Crippen LogP contribution in [0.3, 0.4) is 0 Å². The van der Waals surface area contributed by atoms with Crippen LogP contribution in [0.1, 0.15) is 6.42 Å². The molecule has 1 amide bonds. The molecule has 0 unspecified atom stereocenters. The standard InChI is InChI=1S/C16H19F5N2O5/c1-22-8-9(24)23-3-5-27-7-6-26-4-2-10(25)28-16-14(20)12(18)11(17)13(19)15(16)21/h22H,2-8H2,1H3,(H,23,24). The molecule has 0 aliphatic heterocycles. The number of nitrogens with one attached hydrogen (secondary N) is 2. The van der Waals surface area contributed by atoms with Gasteiger partial charge in [0.25, 0.3) is 0 Å². The van der Waals surface area contributed by atoms with Crippen LogP contribution in [0.5, 0.6) is 5.75 Å². The molecule has 2 N–H and O–H groups in total. The van der Waals surface area contributed by atoms with Crippen molar-refractivity contribution < 1.29 is 45.8 Å². The van der Waals surface area contributed by atoms with E-state index in [4.69, 9.17) is 9.47 Å². The van der Waals surface area contributed by atoms with Crippen molar-refractivity contribution in [2.24, 2.45) is 0 Å². The van der Waals surface area contributed by atoms with E-state index in [0.29, 0.717) is 6.54 Å². The number of carbonyl (C=O) groups excluding carboxylic acids is 2. The number of esters is 1. The highest BCUT2D eigenvalue weighted by atomic mass is 19.2. The van der Waals surface area contributed by atoms with E-state index in [1.807, 2.05) is 0 Å². The maximum Gasteiger partial charge on any atom is 0.313 e. The second kappa shape index (κ2) is 12.2. The number of likely N-dealkylation sites (N-methyl/N-ethyl adjacent to an activating group) is 1. The number of benzene rings is 1. The Hall–Kier alpha value is -2.31. The van der Waals surface area contributed by atoms with Crippen LogP contribution in [0.25, 0.3) is 0 Å². The minimum absolute atomic E-state index is 0.0697. The monoisotopic (exact) mass is 414 g/mol. The normalized spacial score (nSPS) is 10.8. The van der Waals surface area contributed by atoms with Gasteiger partial charge in [0, 0.05) is 6.54 Å². The van der Waals surface area contributed by atoms with Crippen molar-refractivity contribution in [1.82, 2.24) is 10.6 Å². The van der Waals surface area contributed by atoms with Crippen LogP contribution < -0.4 is 15.4 Å². The summed E-state index contributed by atoms with van der Waals surface area (Å²) in [5.41, 5.74) is 0. The van der Waals surface area contributed by atoms with Crippen molar-refractivity contribution in [2.45, 2.75) is 6.42 Å². The Kier molecular flexibility index (Phi) is 10.3. The highest BCUT2D eigenvalue weighted by Crippen LogP contribution is 2.29. The molecule has 1 rings (SSSR count). The molecule has 12 heteroatoms. The molecule has 0 spiro atoms. The second-order valence-corrected chi connectivity index (χ2v) is 5.23. The molecule has 7 nitrogen and oxygen atoms in total. The van der Waals surface area contributed by atoms with E-state index in [1.165, 1.54) is 0 Å². The van der Waals surface area contributed by atoms with Gasteiger partial charge in [0.1, 0.15) is 0 Å². The molecule has 0 radical (unpaired) electrons. The quantitative estimate of drug-likeness (QED) is 0.133. The third-order valence-corrected chi connectivity index (χ3v) is 3.11. The van der Waals surface area contributed by atoms with Crippen LogP contribution in [0, 0.1) is 29.1 Å². The van der Waals surface area contributed by atoms with Crippen molar-refractivity contribution in [3.63, 3.8) is 0 Å². The number of halogens is 5. The fraction of sp³-hybridized carbons (Fsp3) is 0.500. The van der Waals surface area contributed by atoms with Crippen molar-refractivity contribution >= 4 is 11.9 Å². The molecular formula is C16H19F5N2O5. The lowest BCUT2D eigenvalue weighted by atomic mass is 10.2. The Bertz CT molecular complexity index is 661. The first-order valence-corrected chi connectivity index (χ1v) is 8.08. The van der Waals surface area contributed by atoms with Crippen molar-refractivity contribution in [1.29, 1.82) is 0 Å². The third kappa shape index (κ3) is 7.37. The summed E-state index contributed by atoms with van der Waals surface area (Å²) >= 11 is 0. The first-order valence-electron chi connectivity index (χ1n) is 8.08. The Labute approximate surface area is 157 Å². The average molecular weight is 414 g/mol. The molecule has 1 aromatic rings. The van der Waals surface area contributed by atoms with Gasteiger partial charge in [0.15, 0.2) is 0 Å². The predicted octanol–water partition coefficient (Wildman–Crippen LogP) is 1.05. The van der Waals surface area contributed by atoms with E-state index in [2.05, 4.69) is 15.4 Å². The van der Waals surface area contributed by atoms with E-state index >= 15 is 0 Å². The van der Waals surface area contributed by atoms with Crippen LogP contribution in [0.15, 0.2) is 0 Å². The smallest absolute Gasteiger partial charge is 0.313 e. The topological polar surface area (TPSA) is 85.9 Å². The molecule has 0 atom stereocenters. The van der Waals surface area contributed by atoms with Gasteiger partial charge in [-0.1, -0.05) is 0 Å². The van der Waals surface area contributed by atoms with Gasteiger partial charge in [0.05, 0.1) is 39.4 Å². The molecule has 28 heavy (non-hydrogen) atoms. The predicted molar refractivity (Wildman–Crippen MR) is 85.1 cm³/mol. The van der Waals surface area contributed by atoms with E-state index in [-0.39, 0.29) is 38.9 Å².